The van der Waals surface area contributed by atoms with E-state index in [-0.39, 0.29) is 18.6 Å². The van der Waals surface area contributed by atoms with Crippen LogP contribution in [0.4, 0.5) is 5.69 Å². The molecule has 0 aliphatic carbocycles. The van der Waals surface area contributed by atoms with Gasteiger partial charge in [0.1, 0.15) is 18.4 Å². The molecule has 1 aliphatic heterocycles. The summed E-state index contributed by atoms with van der Waals surface area (Å²) in [5.41, 5.74) is 3.11. The van der Waals surface area contributed by atoms with Crippen molar-refractivity contribution in [3.63, 3.8) is 0 Å². The molecule has 1 saturated heterocycles. The number of benzene rings is 2. The fourth-order valence-corrected chi connectivity index (χ4v) is 3.60. The lowest BCUT2D eigenvalue weighted by molar-refractivity contribution is -0.141. The first-order valence-electron chi connectivity index (χ1n) is 9.84. The highest BCUT2D eigenvalue weighted by Gasteiger charge is 2.34. The van der Waals surface area contributed by atoms with E-state index in [0.717, 1.165) is 35.4 Å². The van der Waals surface area contributed by atoms with Gasteiger partial charge < -0.3 is 19.1 Å². The van der Waals surface area contributed by atoms with Crippen molar-refractivity contribution in [2.45, 2.75) is 38.8 Å². The highest BCUT2D eigenvalue weighted by atomic mass is 16.5. The summed E-state index contributed by atoms with van der Waals surface area (Å²) in [5, 5.41) is 0. The molecule has 3 rings (SSSR count). The van der Waals surface area contributed by atoms with E-state index < -0.39 is 5.97 Å². The van der Waals surface area contributed by atoms with Crippen LogP contribution in [-0.2, 0) is 27.3 Å². The van der Waals surface area contributed by atoms with Gasteiger partial charge in [-0.3, -0.25) is 0 Å². The molecule has 154 valence electrons. The minimum Gasteiger partial charge on any atom is -0.497 e. The van der Waals surface area contributed by atoms with E-state index in [9.17, 15) is 9.59 Å². The van der Waals surface area contributed by atoms with E-state index in [4.69, 9.17) is 14.2 Å². The lowest BCUT2D eigenvalue weighted by atomic mass is 10.0. The summed E-state index contributed by atoms with van der Waals surface area (Å²) in [7, 11) is 3.00. The van der Waals surface area contributed by atoms with Crippen molar-refractivity contribution in [1.82, 2.24) is 0 Å². The minimum atomic E-state index is -0.401. The van der Waals surface area contributed by atoms with Gasteiger partial charge in [0.25, 0.3) is 0 Å². The van der Waals surface area contributed by atoms with Crippen LogP contribution in [0.5, 0.6) is 5.75 Å². The Morgan fingerprint density at radius 3 is 2.45 bits per heavy atom. The van der Waals surface area contributed by atoms with Gasteiger partial charge in [-0.15, -0.1) is 0 Å². The van der Waals surface area contributed by atoms with Gasteiger partial charge in [0, 0.05) is 6.54 Å². The van der Waals surface area contributed by atoms with Crippen LogP contribution in [0.1, 0.15) is 41.3 Å². The maximum Gasteiger partial charge on any atom is 0.340 e. The third-order valence-corrected chi connectivity index (χ3v) is 5.25. The molecule has 0 radical (unpaired) electrons. The summed E-state index contributed by atoms with van der Waals surface area (Å²) in [6.45, 7) is 2.90. The van der Waals surface area contributed by atoms with Crippen molar-refractivity contribution in [1.29, 1.82) is 0 Å². The lowest BCUT2D eigenvalue weighted by Gasteiger charge is -2.27. The number of hydrogen-bond acceptors (Lipinski definition) is 6. The summed E-state index contributed by atoms with van der Waals surface area (Å²) in [6.07, 6.45) is 2.39. The first-order valence-corrected chi connectivity index (χ1v) is 9.84. The first kappa shape index (κ1) is 20.7. The molecule has 1 heterocycles. The summed E-state index contributed by atoms with van der Waals surface area (Å²) in [5.74, 6) is 0.0714. The Balaban J connectivity index is 1.82. The van der Waals surface area contributed by atoms with Gasteiger partial charge in [-0.2, -0.15) is 0 Å². The normalized spacial score (nSPS) is 15.8. The average molecular weight is 397 g/mol. The van der Waals surface area contributed by atoms with Crippen LogP contribution in [0, 0.1) is 0 Å². The van der Waals surface area contributed by atoms with E-state index in [0.29, 0.717) is 18.5 Å². The Labute approximate surface area is 171 Å². The zero-order valence-corrected chi connectivity index (χ0v) is 17.1. The predicted molar refractivity (Wildman–Crippen MR) is 110 cm³/mol. The van der Waals surface area contributed by atoms with Crippen molar-refractivity contribution in [3.8, 4) is 5.75 Å². The summed E-state index contributed by atoms with van der Waals surface area (Å²) in [6, 6.07) is 12.8. The molecule has 6 heteroatoms. The number of methoxy groups -OCH3 is 2. The molecule has 0 aromatic heterocycles. The highest BCUT2D eigenvalue weighted by molar-refractivity contribution is 5.97. The van der Waals surface area contributed by atoms with E-state index in [2.05, 4.69) is 0 Å². The first-order chi connectivity index (χ1) is 14.1. The van der Waals surface area contributed by atoms with Crippen LogP contribution in [-0.4, -0.2) is 38.7 Å². The molecule has 1 atom stereocenters. The van der Waals surface area contributed by atoms with Crippen LogP contribution in [0.2, 0.25) is 0 Å². The molecule has 2 aromatic carbocycles. The number of anilines is 1. The zero-order chi connectivity index (χ0) is 20.8. The van der Waals surface area contributed by atoms with Gasteiger partial charge >= 0.3 is 11.9 Å². The fourth-order valence-electron chi connectivity index (χ4n) is 3.60. The molecule has 2 aromatic rings. The number of esters is 2. The second kappa shape index (κ2) is 9.45. The molecule has 0 unspecified atom stereocenters. The second-order valence-electron chi connectivity index (χ2n) is 7.00. The fraction of sp³-hybridized carbons (Fsp3) is 0.391. The number of hydrogen-bond donors (Lipinski definition) is 0. The van der Waals surface area contributed by atoms with E-state index in [1.54, 1.807) is 7.11 Å². The van der Waals surface area contributed by atoms with Gasteiger partial charge in [0.15, 0.2) is 0 Å². The third kappa shape index (κ3) is 4.70. The van der Waals surface area contributed by atoms with Crippen molar-refractivity contribution in [2.75, 3.05) is 25.7 Å². The number of rotatable bonds is 7. The van der Waals surface area contributed by atoms with E-state index in [1.165, 1.54) is 7.11 Å². The Hall–Kier alpha value is -3.02. The molecular weight excluding hydrogens is 370 g/mol. The maximum absolute atomic E-state index is 12.9. The molecule has 0 saturated carbocycles. The van der Waals surface area contributed by atoms with E-state index in [1.807, 2.05) is 54.3 Å². The standard InChI is InChI=1S/C23H27NO5/c1-4-16-9-12-20(24-13-5-6-21(24)23(26)28-3)19(14-16)22(25)29-15-17-7-10-18(27-2)11-8-17/h7-12,14,21H,4-6,13,15H2,1-3H3/t21-/m0/s1. The van der Waals surface area contributed by atoms with Crippen molar-refractivity contribution in [3.05, 3.63) is 59.2 Å². The molecule has 0 N–H and O–H groups in total. The Morgan fingerprint density at radius 1 is 1.07 bits per heavy atom. The number of carbonyl (C=O) groups is 2. The largest absolute Gasteiger partial charge is 0.497 e. The quantitative estimate of drug-likeness (QED) is 0.663. The van der Waals surface area contributed by atoms with Crippen LogP contribution in [0.3, 0.4) is 0 Å². The molecule has 1 aliphatic rings. The van der Waals surface area contributed by atoms with Crippen molar-refractivity contribution in [2.24, 2.45) is 0 Å². The van der Waals surface area contributed by atoms with Gasteiger partial charge in [-0.1, -0.05) is 25.1 Å². The van der Waals surface area contributed by atoms with E-state index >= 15 is 0 Å². The second-order valence-corrected chi connectivity index (χ2v) is 7.00. The monoisotopic (exact) mass is 397 g/mol. The van der Waals surface area contributed by atoms with Crippen LogP contribution in [0.25, 0.3) is 0 Å². The number of nitrogens with zero attached hydrogens (tertiary/aromatic N) is 1. The van der Waals surface area contributed by atoms with Crippen molar-refractivity contribution < 1.29 is 23.8 Å². The van der Waals surface area contributed by atoms with Crippen molar-refractivity contribution >= 4 is 17.6 Å². The molecule has 0 amide bonds. The molecule has 0 bridgehead atoms. The highest BCUT2D eigenvalue weighted by Crippen LogP contribution is 2.31. The number of aryl methyl sites for hydroxylation is 1. The van der Waals surface area contributed by atoms with Crippen LogP contribution in [0.15, 0.2) is 42.5 Å². The smallest absolute Gasteiger partial charge is 0.340 e. The van der Waals surface area contributed by atoms with Gasteiger partial charge in [-0.05, 0) is 54.7 Å². The molecular formula is C23H27NO5. The lowest BCUT2D eigenvalue weighted by Crippen LogP contribution is -2.37. The number of ether oxygens (including phenoxy) is 3. The summed E-state index contributed by atoms with van der Waals surface area (Å²) in [4.78, 5) is 27.1. The molecule has 1 fully saturated rings. The minimum absolute atomic E-state index is 0.166. The van der Waals surface area contributed by atoms with Crippen LogP contribution < -0.4 is 9.64 Å². The topological polar surface area (TPSA) is 65.1 Å². The van der Waals surface area contributed by atoms with Gasteiger partial charge in [0.2, 0.25) is 0 Å². The third-order valence-electron chi connectivity index (χ3n) is 5.25. The Kier molecular flexibility index (Phi) is 6.75. The Bertz CT molecular complexity index is 862. The molecule has 0 spiro atoms. The van der Waals surface area contributed by atoms with Gasteiger partial charge in [0.05, 0.1) is 25.5 Å². The van der Waals surface area contributed by atoms with Crippen LogP contribution >= 0.6 is 0 Å². The Morgan fingerprint density at radius 2 is 1.79 bits per heavy atom. The molecule has 6 nitrogen and oxygen atoms in total. The maximum atomic E-state index is 12.9. The van der Waals surface area contributed by atoms with Gasteiger partial charge in [-0.25, -0.2) is 9.59 Å². The SMILES string of the molecule is CCc1ccc(N2CCC[C@H]2C(=O)OC)c(C(=O)OCc2ccc(OC)cc2)c1. The average Bonchev–Trinajstić information content (AvgIpc) is 3.26. The number of carbonyl (C=O) groups excluding carboxylic acids is 2. The summed E-state index contributed by atoms with van der Waals surface area (Å²) >= 11 is 0. The zero-order valence-electron chi connectivity index (χ0n) is 17.1. The summed E-state index contributed by atoms with van der Waals surface area (Å²) < 4.78 is 15.7. The predicted octanol–water partition coefficient (Wildman–Crippen LogP) is 3.76. The molecule has 29 heavy (non-hydrogen) atoms.